The van der Waals surface area contributed by atoms with Gasteiger partial charge in [-0.25, -0.2) is 4.99 Å². The summed E-state index contributed by atoms with van der Waals surface area (Å²) in [5.74, 6) is 1.12. The normalized spacial score (nSPS) is 22.2. The first-order valence-electron chi connectivity index (χ1n) is 9.70. The lowest BCUT2D eigenvalue weighted by atomic mass is 9.95. The molecule has 0 bridgehead atoms. The van der Waals surface area contributed by atoms with Gasteiger partial charge >= 0.3 is 0 Å². The van der Waals surface area contributed by atoms with E-state index in [4.69, 9.17) is 17.3 Å². The lowest BCUT2D eigenvalue weighted by Crippen LogP contribution is -2.45. The number of amidine groups is 1. The monoisotopic (exact) mass is 376 g/mol. The Morgan fingerprint density at radius 2 is 1.77 bits per heavy atom. The van der Waals surface area contributed by atoms with Crippen molar-refractivity contribution in [2.75, 3.05) is 37.0 Å². The second-order valence-corrected chi connectivity index (χ2v) is 7.55. The second-order valence-electron chi connectivity index (χ2n) is 7.28. The van der Waals surface area contributed by atoms with Crippen LogP contribution in [0.5, 0.6) is 0 Å². The molecule has 2 heterocycles. The first kappa shape index (κ1) is 19.0. The van der Waals surface area contributed by atoms with Gasteiger partial charge in [0, 0.05) is 31.9 Å². The molecule has 3 rings (SSSR count). The molecule has 1 aromatic carbocycles. The number of benzene rings is 1. The van der Waals surface area contributed by atoms with Gasteiger partial charge in [-0.2, -0.15) is 0 Å². The third-order valence-corrected chi connectivity index (χ3v) is 5.59. The molecule has 5 nitrogen and oxygen atoms in total. The number of alkyl halides is 1. The summed E-state index contributed by atoms with van der Waals surface area (Å²) in [7, 11) is 0. The summed E-state index contributed by atoms with van der Waals surface area (Å²) in [6.07, 6.45) is 6.86. The van der Waals surface area contributed by atoms with Crippen molar-refractivity contribution >= 4 is 34.7 Å². The average molecular weight is 377 g/mol. The van der Waals surface area contributed by atoms with E-state index in [-0.39, 0.29) is 11.8 Å². The van der Waals surface area contributed by atoms with Gasteiger partial charge in [0.15, 0.2) is 0 Å². The minimum absolute atomic E-state index is 0.117. The summed E-state index contributed by atoms with van der Waals surface area (Å²) in [5, 5.41) is 0. The fourth-order valence-electron chi connectivity index (χ4n) is 3.90. The Bertz CT molecular complexity index is 623. The van der Waals surface area contributed by atoms with Crippen molar-refractivity contribution in [3.05, 3.63) is 24.3 Å². The lowest BCUT2D eigenvalue weighted by Gasteiger charge is -2.36. The number of carbonyl (C=O) groups is 1. The van der Waals surface area contributed by atoms with Crippen molar-refractivity contribution < 1.29 is 4.79 Å². The van der Waals surface area contributed by atoms with Crippen molar-refractivity contribution in [2.45, 2.75) is 38.5 Å². The molecule has 6 heteroatoms. The van der Waals surface area contributed by atoms with Gasteiger partial charge in [-0.05, 0) is 49.9 Å². The van der Waals surface area contributed by atoms with Gasteiger partial charge in [-0.15, -0.1) is 11.6 Å². The molecule has 0 aromatic heterocycles. The third kappa shape index (κ3) is 4.91. The average Bonchev–Trinajstić information content (AvgIpc) is 2.97. The number of hydrogen-bond acceptors (Lipinski definition) is 3. The molecule has 1 amide bonds. The number of nitrogens with two attached hydrogens (primary N) is 1. The molecule has 2 aliphatic rings. The van der Waals surface area contributed by atoms with Crippen molar-refractivity contribution in [1.29, 1.82) is 0 Å². The van der Waals surface area contributed by atoms with E-state index in [1.165, 1.54) is 12.8 Å². The van der Waals surface area contributed by atoms with Gasteiger partial charge in [0.2, 0.25) is 5.91 Å². The van der Waals surface area contributed by atoms with E-state index in [0.717, 1.165) is 63.2 Å². The molecule has 2 saturated heterocycles. The van der Waals surface area contributed by atoms with E-state index in [1.54, 1.807) is 0 Å². The van der Waals surface area contributed by atoms with Crippen LogP contribution in [-0.2, 0) is 4.79 Å². The zero-order chi connectivity index (χ0) is 18.4. The van der Waals surface area contributed by atoms with E-state index in [9.17, 15) is 4.79 Å². The number of likely N-dealkylation sites (tertiary alicyclic amines) is 1. The SMILES string of the molecule is NC(CCl)=Nc1ccc(N2CCCC(C(=O)N3CCCCCC3)C2)cc1. The van der Waals surface area contributed by atoms with Crippen LogP contribution in [0.2, 0.25) is 0 Å². The van der Waals surface area contributed by atoms with Gasteiger partial charge in [0.25, 0.3) is 0 Å². The fourth-order valence-corrected chi connectivity index (χ4v) is 3.96. The van der Waals surface area contributed by atoms with E-state index in [2.05, 4.69) is 26.9 Å². The Kier molecular flexibility index (Phi) is 6.78. The van der Waals surface area contributed by atoms with Crippen molar-refractivity contribution in [2.24, 2.45) is 16.6 Å². The van der Waals surface area contributed by atoms with Crippen molar-refractivity contribution in [1.82, 2.24) is 4.90 Å². The van der Waals surface area contributed by atoms with E-state index >= 15 is 0 Å². The van der Waals surface area contributed by atoms with Gasteiger partial charge in [-0.1, -0.05) is 12.8 Å². The van der Waals surface area contributed by atoms with Crippen LogP contribution >= 0.6 is 11.6 Å². The standard InChI is InChI=1S/C20H29ClN4O/c21-14-19(22)23-17-7-9-18(10-8-17)25-13-5-6-16(15-25)20(26)24-11-3-1-2-4-12-24/h7-10,16H,1-6,11-15H2,(H2,22,23). The highest BCUT2D eigenvalue weighted by Crippen LogP contribution is 2.27. The molecule has 0 radical (unpaired) electrons. The number of halogens is 1. The molecule has 1 unspecified atom stereocenters. The van der Waals surface area contributed by atoms with Crippen molar-refractivity contribution in [3.63, 3.8) is 0 Å². The van der Waals surface area contributed by atoms with Crippen LogP contribution in [0.3, 0.4) is 0 Å². The highest BCUT2D eigenvalue weighted by Gasteiger charge is 2.29. The number of hydrogen-bond donors (Lipinski definition) is 1. The van der Waals surface area contributed by atoms with Crippen molar-refractivity contribution in [3.8, 4) is 0 Å². The molecule has 1 aromatic rings. The number of piperidine rings is 1. The molecular formula is C20H29ClN4O. The topological polar surface area (TPSA) is 61.9 Å². The zero-order valence-electron chi connectivity index (χ0n) is 15.4. The molecular weight excluding hydrogens is 348 g/mol. The largest absolute Gasteiger partial charge is 0.386 e. The molecule has 2 fully saturated rings. The predicted molar refractivity (Wildman–Crippen MR) is 108 cm³/mol. The number of anilines is 1. The van der Waals surface area contributed by atoms with Crippen LogP contribution in [0.25, 0.3) is 0 Å². The summed E-state index contributed by atoms with van der Waals surface area (Å²) >= 11 is 5.67. The maximum atomic E-state index is 12.9. The second kappa shape index (κ2) is 9.26. The van der Waals surface area contributed by atoms with E-state index in [0.29, 0.717) is 11.7 Å². The number of rotatable bonds is 4. The first-order valence-corrected chi connectivity index (χ1v) is 10.2. The maximum absolute atomic E-state index is 12.9. The number of aliphatic imine (C=N–C) groups is 1. The molecule has 1 atom stereocenters. The summed E-state index contributed by atoms with van der Waals surface area (Å²) in [6, 6.07) is 8.02. The fraction of sp³-hybridized carbons (Fsp3) is 0.600. The van der Waals surface area contributed by atoms with E-state index < -0.39 is 0 Å². The zero-order valence-corrected chi connectivity index (χ0v) is 16.1. The minimum Gasteiger partial charge on any atom is -0.386 e. The van der Waals surface area contributed by atoms with Crippen LogP contribution in [0.15, 0.2) is 29.3 Å². The van der Waals surface area contributed by atoms with Gasteiger partial charge in [-0.3, -0.25) is 4.79 Å². The quantitative estimate of drug-likeness (QED) is 0.496. The Labute approximate surface area is 161 Å². The first-order chi connectivity index (χ1) is 12.7. The molecule has 26 heavy (non-hydrogen) atoms. The van der Waals surface area contributed by atoms with Crippen LogP contribution in [0, 0.1) is 5.92 Å². The Morgan fingerprint density at radius 1 is 1.08 bits per heavy atom. The van der Waals surface area contributed by atoms with Gasteiger partial charge in [0.1, 0.15) is 5.84 Å². The molecule has 2 N–H and O–H groups in total. The lowest BCUT2D eigenvalue weighted by molar-refractivity contribution is -0.135. The minimum atomic E-state index is 0.117. The number of carbonyl (C=O) groups excluding carboxylic acids is 1. The third-order valence-electron chi connectivity index (χ3n) is 5.31. The number of amides is 1. The summed E-state index contributed by atoms with van der Waals surface area (Å²) in [5.41, 5.74) is 7.63. The maximum Gasteiger partial charge on any atom is 0.227 e. The molecule has 0 spiro atoms. The van der Waals surface area contributed by atoms with Crippen LogP contribution < -0.4 is 10.6 Å². The Morgan fingerprint density at radius 3 is 2.42 bits per heavy atom. The van der Waals surface area contributed by atoms with Crippen LogP contribution in [-0.4, -0.2) is 48.7 Å². The highest BCUT2D eigenvalue weighted by molar-refractivity contribution is 6.28. The van der Waals surface area contributed by atoms with Gasteiger partial charge in [0.05, 0.1) is 17.5 Å². The van der Waals surface area contributed by atoms with E-state index in [1.807, 2.05) is 12.1 Å². The van der Waals surface area contributed by atoms with Crippen LogP contribution in [0.4, 0.5) is 11.4 Å². The molecule has 2 aliphatic heterocycles. The highest BCUT2D eigenvalue weighted by atomic mass is 35.5. The van der Waals surface area contributed by atoms with Gasteiger partial charge < -0.3 is 15.5 Å². The summed E-state index contributed by atoms with van der Waals surface area (Å²) in [4.78, 5) is 21.6. The molecule has 142 valence electrons. The number of nitrogens with zero attached hydrogens (tertiary/aromatic N) is 3. The summed E-state index contributed by atoms with van der Waals surface area (Å²) < 4.78 is 0. The molecule has 0 aliphatic carbocycles. The van der Waals surface area contributed by atoms with Crippen LogP contribution in [0.1, 0.15) is 38.5 Å². The predicted octanol–water partition coefficient (Wildman–Crippen LogP) is 3.53. The Balaban J connectivity index is 1.63. The smallest absolute Gasteiger partial charge is 0.227 e. The molecule has 0 saturated carbocycles. The Hall–Kier alpha value is -1.75. The summed E-state index contributed by atoms with van der Waals surface area (Å²) in [6.45, 7) is 3.67.